The number of hydrazine groups is 1. The second kappa shape index (κ2) is 8.79. The number of carbonyl (C=O) groups is 3. The summed E-state index contributed by atoms with van der Waals surface area (Å²) in [6.45, 7) is 0. The summed E-state index contributed by atoms with van der Waals surface area (Å²) < 4.78 is 0.862. The van der Waals surface area contributed by atoms with Crippen LogP contribution in [0.15, 0.2) is 84.9 Å². The summed E-state index contributed by atoms with van der Waals surface area (Å²) in [6, 6.07) is 25.5. The smallest absolute Gasteiger partial charge is 0.258 e. The summed E-state index contributed by atoms with van der Waals surface area (Å²) in [5.74, 6) is -1.59. The summed E-state index contributed by atoms with van der Waals surface area (Å²) in [5, 5.41) is 2.83. The van der Waals surface area contributed by atoms with Gasteiger partial charge in [-0.3, -0.25) is 14.4 Å². The molecule has 0 unspecified atom stereocenters. The maximum Gasteiger partial charge on any atom is 0.258 e. The fourth-order valence-electron chi connectivity index (χ4n) is 3.57. The highest BCUT2D eigenvalue weighted by molar-refractivity contribution is 14.1. The Morgan fingerprint density at radius 2 is 1.20 bits per heavy atom. The van der Waals surface area contributed by atoms with Crippen molar-refractivity contribution in [2.24, 2.45) is 5.92 Å². The van der Waals surface area contributed by atoms with Gasteiger partial charge in [-0.05, 0) is 59.3 Å². The van der Waals surface area contributed by atoms with Crippen LogP contribution < -0.4 is 10.0 Å². The molecule has 0 aromatic heterocycles. The van der Waals surface area contributed by atoms with E-state index >= 15 is 0 Å². The monoisotopic (exact) mass is 510 g/mol. The highest BCUT2D eigenvalue weighted by atomic mass is 127. The minimum absolute atomic E-state index is 0.0648. The molecular formula is C24H19IN2O3. The van der Waals surface area contributed by atoms with E-state index in [4.69, 9.17) is 0 Å². The Morgan fingerprint density at radius 1 is 0.733 bits per heavy atom. The minimum Gasteiger partial charge on any atom is -0.294 e. The Morgan fingerprint density at radius 3 is 1.70 bits per heavy atom. The Labute approximate surface area is 188 Å². The molecule has 1 saturated heterocycles. The van der Waals surface area contributed by atoms with Crippen LogP contribution in [0.4, 0.5) is 11.4 Å². The van der Waals surface area contributed by atoms with Crippen molar-refractivity contribution in [3.05, 3.63) is 94.1 Å². The SMILES string of the molecule is O=C(CCC1C(=O)N(c2ccccc2)N(c2ccccc2)C1=O)c1ccccc1I. The molecule has 0 aliphatic carbocycles. The van der Waals surface area contributed by atoms with Crippen LogP contribution in [0.2, 0.25) is 0 Å². The second-order valence-electron chi connectivity index (χ2n) is 6.97. The van der Waals surface area contributed by atoms with Crippen LogP contribution in [0, 0.1) is 9.49 Å². The molecule has 4 rings (SSSR count). The van der Waals surface area contributed by atoms with Gasteiger partial charge < -0.3 is 0 Å². The molecule has 1 aliphatic heterocycles. The molecule has 0 atom stereocenters. The van der Waals surface area contributed by atoms with E-state index in [9.17, 15) is 14.4 Å². The zero-order chi connectivity index (χ0) is 21.1. The van der Waals surface area contributed by atoms with Gasteiger partial charge in [0.2, 0.25) is 0 Å². The zero-order valence-corrected chi connectivity index (χ0v) is 18.2. The Kier molecular flexibility index (Phi) is 5.94. The Balaban J connectivity index is 1.61. The largest absolute Gasteiger partial charge is 0.294 e. The number of amides is 2. The van der Waals surface area contributed by atoms with Crippen molar-refractivity contribution in [2.45, 2.75) is 12.8 Å². The number of halogens is 1. The summed E-state index contributed by atoms with van der Waals surface area (Å²) >= 11 is 2.12. The normalized spacial score (nSPS) is 14.4. The lowest BCUT2D eigenvalue weighted by Gasteiger charge is -2.27. The quantitative estimate of drug-likeness (QED) is 0.270. The van der Waals surface area contributed by atoms with Crippen molar-refractivity contribution in [2.75, 3.05) is 10.0 Å². The van der Waals surface area contributed by atoms with Crippen LogP contribution in [-0.2, 0) is 9.59 Å². The van der Waals surface area contributed by atoms with Gasteiger partial charge in [0.05, 0.1) is 11.4 Å². The maximum atomic E-state index is 13.3. The van der Waals surface area contributed by atoms with Crippen molar-refractivity contribution in [1.29, 1.82) is 0 Å². The number of hydrogen-bond acceptors (Lipinski definition) is 3. The van der Waals surface area contributed by atoms with E-state index in [1.165, 1.54) is 10.0 Å². The highest BCUT2D eigenvalue weighted by Crippen LogP contribution is 2.33. The first kappa shape index (κ1) is 20.3. The van der Waals surface area contributed by atoms with E-state index in [-0.39, 0.29) is 30.4 Å². The van der Waals surface area contributed by atoms with Crippen LogP contribution in [0.3, 0.4) is 0 Å². The number of para-hydroxylation sites is 2. The molecule has 30 heavy (non-hydrogen) atoms. The average Bonchev–Trinajstić information content (AvgIpc) is 3.03. The average molecular weight is 510 g/mol. The van der Waals surface area contributed by atoms with E-state index in [1.807, 2.05) is 54.6 Å². The maximum absolute atomic E-state index is 13.3. The summed E-state index contributed by atoms with van der Waals surface area (Å²) in [5.41, 5.74) is 1.85. The van der Waals surface area contributed by atoms with E-state index < -0.39 is 5.92 Å². The molecule has 0 radical (unpaired) electrons. The van der Waals surface area contributed by atoms with Crippen molar-refractivity contribution in [1.82, 2.24) is 0 Å². The number of Topliss-reactive ketones (excluding diaryl/α,β-unsaturated/α-hetero) is 1. The molecule has 1 fully saturated rings. The van der Waals surface area contributed by atoms with Crippen LogP contribution >= 0.6 is 22.6 Å². The predicted octanol–water partition coefficient (Wildman–Crippen LogP) is 4.87. The third-order valence-corrected chi connectivity index (χ3v) is 5.99. The van der Waals surface area contributed by atoms with Gasteiger partial charge in [-0.25, -0.2) is 10.0 Å². The molecule has 1 heterocycles. The van der Waals surface area contributed by atoms with Gasteiger partial charge in [0.15, 0.2) is 5.78 Å². The number of hydrogen-bond donors (Lipinski definition) is 0. The first-order chi connectivity index (χ1) is 14.6. The van der Waals surface area contributed by atoms with Crippen LogP contribution in [-0.4, -0.2) is 17.6 Å². The van der Waals surface area contributed by atoms with Crippen LogP contribution in [0.5, 0.6) is 0 Å². The number of ketones is 1. The summed E-state index contributed by atoms with van der Waals surface area (Å²) in [6.07, 6.45) is 0.307. The molecule has 1 aliphatic rings. The van der Waals surface area contributed by atoms with Gasteiger partial charge in [0.1, 0.15) is 5.92 Å². The van der Waals surface area contributed by atoms with E-state index in [1.54, 1.807) is 30.3 Å². The minimum atomic E-state index is -0.893. The van der Waals surface area contributed by atoms with Crippen molar-refractivity contribution in [3.63, 3.8) is 0 Å². The predicted molar refractivity (Wildman–Crippen MR) is 124 cm³/mol. The third-order valence-electron chi connectivity index (χ3n) is 5.05. The fourth-order valence-corrected chi connectivity index (χ4v) is 4.25. The molecule has 3 aromatic carbocycles. The van der Waals surface area contributed by atoms with Crippen molar-refractivity contribution in [3.8, 4) is 0 Å². The Bertz CT molecular complexity index is 1030. The molecule has 150 valence electrons. The van der Waals surface area contributed by atoms with Gasteiger partial charge >= 0.3 is 0 Å². The zero-order valence-electron chi connectivity index (χ0n) is 16.1. The number of nitrogens with zero attached hydrogens (tertiary/aromatic N) is 2. The second-order valence-corrected chi connectivity index (χ2v) is 8.13. The van der Waals surface area contributed by atoms with Crippen molar-refractivity contribution < 1.29 is 14.4 Å². The van der Waals surface area contributed by atoms with Gasteiger partial charge in [0.25, 0.3) is 11.8 Å². The lowest BCUT2D eigenvalue weighted by molar-refractivity contribution is -0.127. The van der Waals surface area contributed by atoms with Crippen molar-refractivity contribution >= 4 is 51.6 Å². The molecule has 6 heteroatoms. The number of rotatable bonds is 6. The van der Waals surface area contributed by atoms with E-state index in [0.717, 1.165) is 3.57 Å². The molecule has 0 bridgehead atoms. The van der Waals surface area contributed by atoms with Gasteiger partial charge in [-0.2, -0.15) is 0 Å². The highest BCUT2D eigenvalue weighted by Gasteiger charge is 2.46. The van der Waals surface area contributed by atoms with E-state index in [2.05, 4.69) is 22.6 Å². The van der Waals surface area contributed by atoms with Crippen LogP contribution in [0.25, 0.3) is 0 Å². The number of benzene rings is 3. The molecule has 0 saturated carbocycles. The molecule has 5 nitrogen and oxygen atoms in total. The first-order valence-electron chi connectivity index (χ1n) is 9.63. The van der Waals surface area contributed by atoms with Gasteiger partial charge in [0, 0.05) is 15.6 Å². The van der Waals surface area contributed by atoms with Crippen LogP contribution in [0.1, 0.15) is 23.2 Å². The van der Waals surface area contributed by atoms with E-state index in [0.29, 0.717) is 16.9 Å². The Hall–Kier alpha value is -3.00. The molecule has 0 spiro atoms. The lowest BCUT2D eigenvalue weighted by atomic mass is 9.98. The summed E-state index contributed by atoms with van der Waals surface area (Å²) in [7, 11) is 0. The van der Waals surface area contributed by atoms with Gasteiger partial charge in [-0.1, -0.05) is 54.6 Å². The topological polar surface area (TPSA) is 57.7 Å². The number of anilines is 2. The number of carbonyl (C=O) groups excluding carboxylic acids is 3. The first-order valence-corrected chi connectivity index (χ1v) is 10.7. The summed E-state index contributed by atoms with van der Waals surface area (Å²) in [4.78, 5) is 39.2. The molecular weight excluding hydrogens is 491 g/mol. The molecule has 2 amide bonds. The molecule has 0 N–H and O–H groups in total. The van der Waals surface area contributed by atoms with Gasteiger partial charge in [-0.15, -0.1) is 0 Å². The lowest BCUT2D eigenvalue weighted by Crippen LogP contribution is -2.41. The third kappa shape index (κ3) is 3.87. The fraction of sp³-hybridized carbons (Fsp3) is 0.125. The standard InChI is InChI=1S/C24H19IN2O3/c25-21-14-8-7-13-19(21)22(28)16-15-20-23(29)26(17-9-3-1-4-10-17)27(24(20)30)18-11-5-2-6-12-18/h1-14,20H,15-16H2. The molecule has 3 aromatic rings.